The van der Waals surface area contributed by atoms with Gasteiger partial charge in [-0.05, 0) is 39.0 Å². The predicted octanol–water partition coefficient (Wildman–Crippen LogP) is 2.12. The second-order valence-electron chi connectivity index (χ2n) is 5.34. The number of ether oxygens (including phenoxy) is 1. The van der Waals surface area contributed by atoms with Gasteiger partial charge in [0, 0.05) is 10.6 Å². The molecule has 1 aromatic rings. The lowest BCUT2D eigenvalue weighted by Gasteiger charge is -2.20. The molecular formula is C14H17ClN2O4. The van der Waals surface area contributed by atoms with Crippen LogP contribution in [-0.2, 0) is 9.53 Å². The van der Waals surface area contributed by atoms with Gasteiger partial charge in [0.15, 0.2) is 6.61 Å². The molecule has 0 saturated heterocycles. The Hall–Kier alpha value is -2.08. The summed E-state index contributed by atoms with van der Waals surface area (Å²) in [6.45, 7) is 4.77. The number of carbonyl (C=O) groups excluding carboxylic acids is 3. The molecule has 7 heteroatoms. The first kappa shape index (κ1) is 17.0. The van der Waals surface area contributed by atoms with Crippen LogP contribution in [0.4, 0.5) is 4.79 Å². The van der Waals surface area contributed by atoms with Crippen molar-refractivity contribution >= 4 is 29.5 Å². The summed E-state index contributed by atoms with van der Waals surface area (Å²) >= 11 is 5.74. The largest absolute Gasteiger partial charge is 0.452 e. The van der Waals surface area contributed by atoms with E-state index in [-0.39, 0.29) is 5.56 Å². The van der Waals surface area contributed by atoms with Crippen LogP contribution in [0, 0.1) is 0 Å². The molecule has 2 N–H and O–H groups in total. The van der Waals surface area contributed by atoms with Gasteiger partial charge >= 0.3 is 12.0 Å². The van der Waals surface area contributed by atoms with Crippen LogP contribution in [-0.4, -0.2) is 30.1 Å². The van der Waals surface area contributed by atoms with Gasteiger partial charge in [0.25, 0.3) is 5.91 Å². The molecule has 114 valence electrons. The number of hydrogen-bond donors (Lipinski definition) is 2. The Bertz CT molecular complexity index is 552. The molecule has 0 aliphatic rings. The van der Waals surface area contributed by atoms with Crippen LogP contribution in [0.1, 0.15) is 31.1 Å². The first-order chi connectivity index (χ1) is 9.67. The lowest BCUT2D eigenvalue weighted by Crippen LogP contribution is -2.49. The summed E-state index contributed by atoms with van der Waals surface area (Å²) in [6.07, 6.45) is 0. The molecule has 1 rings (SSSR count). The summed E-state index contributed by atoms with van der Waals surface area (Å²) in [4.78, 5) is 34.5. The fourth-order valence-electron chi connectivity index (χ4n) is 1.36. The van der Waals surface area contributed by atoms with Crippen LogP contribution in [0.15, 0.2) is 24.3 Å². The second-order valence-corrected chi connectivity index (χ2v) is 5.78. The molecular weight excluding hydrogens is 296 g/mol. The second kappa shape index (κ2) is 7.08. The van der Waals surface area contributed by atoms with Crippen LogP contribution in [0.2, 0.25) is 5.02 Å². The van der Waals surface area contributed by atoms with E-state index in [1.807, 2.05) is 0 Å². The van der Waals surface area contributed by atoms with Crippen LogP contribution in [0.5, 0.6) is 0 Å². The Morgan fingerprint density at radius 2 is 1.90 bits per heavy atom. The Morgan fingerprint density at radius 1 is 1.24 bits per heavy atom. The normalized spacial score (nSPS) is 10.7. The van der Waals surface area contributed by atoms with E-state index in [1.165, 1.54) is 12.1 Å². The average Bonchev–Trinajstić information content (AvgIpc) is 2.33. The smallest absolute Gasteiger partial charge is 0.338 e. The molecule has 0 aromatic heterocycles. The fourth-order valence-corrected chi connectivity index (χ4v) is 1.55. The molecule has 0 aliphatic carbocycles. The van der Waals surface area contributed by atoms with E-state index in [1.54, 1.807) is 32.9 Å². The van der Waals surface area contributed by atoms with Gasteiger partial charge in [0.1, 0.15) is 0 Å². The van der Waals surface area contributed by atoms with Gasteiger partial charge < -0.3 is 10.1 Å². The van der Waals surface area contributed by atoms with Crippen LogP contribution >= 0.6 is 11.6 Å². The molecule has 3 amide bonds. The summed E-state index contributed by atoms with van der Waals surface area (Å²) in [5, 5.41) is 5.00. The van der Waals surface area contributed by atoms with E-state index in [4.69, 9.17) is 16.3 Å². The Labute approximate surface area is 127 Å². The minimum Gasteiger partial charge on any atom is -0.452 e. The Morgan fingerprint density at radius 3 is 2.48 bits per heavy atom. The highest BCUT2D eigenvalue weighted by molar-refractivity contribution is 6.30. The van der Waals surface area contributed by atoms with Crippen LogP contribution < -0.4 is 10.6 Å². The standard InChI is InChI=1S/C14H17ClN2O4/c1-14(2,3)17-13(20)16-11(18)8-21-12(19)9-5-4-6-10(15)7-9/h4-7H,8H2,1-3H3,(H2,16,17,18,20). The van der Waals surface area contributed by atoms with Crippen molar-refractivity contribution in [1.29, 1.82) is 0 Å². The summed E-state index contributed by atoms with van der Waals surface area (Å²) < 4.78 is 4.79. The highest BCUT2D eigenvalue weighted by Crippen LogP contribution is 2.11. The minimum atomic E-state index is -0.716. The topological polar surface area (TPSA) is 84.5 Å². The first-order valence-electron chi connectivity index (χ1n) is 6.22. The van der Waals surface area contributed by atoms with Gasteiger partial charge in [-0.2, -0.15) is 0 Å². The van der Waals surface area contributed by atoms with Crippen LogP contribution in [0.25, 0.3) is 0 Å². The number of nitrogens with one attached hydrogen (secondary N) is 2. The van der Waals surface area contributed by atoms with E-state index in [9.17, 15) is 14.4 Å². The number of esters is 1. The third kappa shape index (κ3) is 6.76. The SMILES string of the molecule is CC(C)(C)NC(=O)NC(=O)COC(=O)c1cccc(Cl)c1. The van der Waals surface area contributed by atoms with Crippen molar-refractivity contribution in [1.82, 2.24) is 10.6 Å². The minimum absolute atomic E-state index is 0.231. The van der Waals surface area contributed by atoms with Crippen molar-refractivity contribution in [2.24, 2.45) is 0 Å². The zero-order valence-corrected chi connectivity index (χ0v) is 12.8. The maximum absolute atomic E-state index is 11.7. The van der Waals surface area contributed by atoms with E-state index < -0.39 is 30.1 Å². The molecule has 0 heterocycles. The maximum atomic E-state index is 11.7. The van der Waals surface area contributed by atoms with Gasteiger partial charge in [0.2, 0.25) is 0 Å². The fraction of sp³-hybridized carbons (Fsp3) is 0.357. The Kier molecular flexibility index (Phi) is 5.72. The van der Waals surface area contributed by atoms with Crippen molar-refractivity contribution in [2.75, 3.05) is 6.61 Å². The lowest BCUT2D eigenvalue weighted by atomic mass is 10.1. The highest BCUT2D eigenvalue weighted by atomic mass is 35.5. The molecule has 0 aliphatic heterocycles. The van der Waals surface area contributed by atoms with Crippen LogP contribution in [0.3, 0.4) is 0 Å². The molecule has 0 radical (unpaired) electrons. The molecule has 6 nitrogen and oxygen atoms in total. The third-order valence-corrected chi connectivity index (χ3v) is 2.37. The zero-order chi connectivity index (χ0) is 16.0. The molecule has 0 unspecified atom stereocenters. The quantitative estimate of drug-likeness (QED) is 0.837. The molecule has 0 bridgehead atoms. The van der Waals surface area contributed by atoms with Crippen molar-refractivity contribution in [3.8, 4) is 0 Å². The molecule has 1 aromatic carbocycles. The van der Waals surface area contributed by atoms with Gasteiger partial charge in [-0.3, -0.25) is 10.1 Å². The van der Waals surface area contributed by atoms with Gasteiger partial charge in [-0.1, -0.05) is 17.7 Å². The average molecular weight is 313 g/mol. The lowest BCUT2D eigenvalue weighted by molar-refractivity contribution is -0.123. The number of rotatable bonds is 3. The predicted molar refractivity (Wildman–Crippen MR) is 78.2 cm³/mol. The van der Waals surface area contributed by atoms with E-state index >= 15 is 0 Å². The number of carbonyl (C=O) groups is 3. The van der Waals surface area contributed by atoms with E-state index in [0.717, 1.165) is 0 Å². The first-order valence-corrected chi connectivity index (χ1v) is 6.60. The maximum Gasteiger partial charge on any atom is 0.338 e. The summed E-state index contributed by atoms with van der Waals surface area (Å²) in [6, 6.07) is 5.50. The van der Waals surface area contributed by atoms with Gasteiger partial charge in [0.05, 0.1) is 5.56 Å². The summed E-state index contributed by atoms with van der Waals surface area (Å²) in [5.74, 6) is -1.41. The number of benzene rings is 1. The van der Waals surface area contributed by atoms with Crippen molar-refractivity contribution in [3.63, 3.8) is 0 Å². The van der Waals surface area contributed by atoms with E-state index in [2.05, 4.69) is 10.6 Å². The monoisotopic (exact) mass is 312 g/mol. The van der Waals surface area contributed by atoms with Crippen molar-refractivity contribution in [2.45, 2.75) is 26.3 Å². The van der Waals surface area contributed by atoms with Gasteiger partial charge in [-0.25, -0.2) is 9.59 Å². The third-order valence-electron chi connectivity index (χ3n) is 2.14. The number of urea groups is 1. The molecule has 0 atom stereocenters. The number of hydrogen-bond acceptors (Lipinski definition) is 4. The molecule has 0 saturated carbocycles. The Balaban J connectivity index is 2.43. The number of halogens is 1. The highest BCUT2D eigenvalue weighted by Gasteiger charge is 2.17. The summed E-state index contributed by atoms with van der Waals surface area (Å²) in [7, 11) is 0. The number of amides is 3. The molecule has 0 fully saturated rings. The summed E-state index contributed by atoms with van der Waals surface area (Å²) in [5.41, 5.74) is -0.239. The molecule has 0 spiro atoms. The number of imide groups is 1. The molecule has 21 heavy (non-hydrogen) atoms. The van der Waals surface area contributed by atoms with Crippen molar-refractivity contribution < 1.29 is 19.1 Å². The van der Waals surface area contributed by atoms with Gasteiger partial charge in [-0.15, -0.1) is 0 Å². The zero-order valence-electron chi connectivity index (χ0n) is 12.0. The van der Waals surface area contributed by atoms with Crippen molar-refractivity contribution in [3.05, 3.63) is 34.9 Å². The van der Waals surface area contributed by atoms with E-state index in [0.29, 0.717) is 5.02 Å².